The van der Waals surface area contributed by atoms with Crippen LogP contribution in [0.25, 0.3) is 0 Å². The van der Waals surface area contributed by atoms with Crippen LogP contribution in [0.3, 0.4) is 0 Å². The summed E-state index contributed by atoms with van der Waals surface area (Å²) in [5.74, 6) is -1.21. The monoisotopic (exact) mass is 369 g/mol. The molecule has 1 aromatic rings. The zero-order valence-corrected chi connectivity index (χ0v) is 14.5. The van der Waals surface area contributed by atoms with Crippen LogP contribution in [0.1, 0.15) is 19.3 Å². The minimum absolute atomic E-state index is 0.00340. The molecule has 0 aromatic heterocycles. The number of carbonyl (C=O) groups is 3. The van der Waals surface area contributed by atoms with E-state index in [4.69, 9.17) is 0 Å². The third-order valence-electron chi connectivity index (χ3n) is 5.79. The van der Waals surface area contributed by atoms with E-state index in [0.29, 0.717) is 0 Å². The Morgan fingerprint density at radius 2 is 1.70 bits per heavy atom. The Balaban J connectivity index is 1.41. The normalized spacial score (nSPS) is 28.4. The zero-order chi connectivity index (χ0) is 19.1. The number of fused-ring (bicyclic) bond motifs is 1. The molecular formula is C19H19N3O5. The molecule has 1 heterocycles. The van der Waals surface area contributed by atoms with Gasteiger partial charge in [-0.05, 0) is 30.7 Å². The molecule has 1 N–H and O–H groups in total. The number of amides is 3. The lowest BCUT2D eigenvalue weighted by molar-refractivity contribution is -0.383. The number of allylic oxidation sites excluding steroid dienone is 2. The molecule has 3 amide bonds. The topological polar surface area (TPSA) is 110 Å². The summed E-state index contributed by atoms with van der Waals surface area (Å²) in [6, 6.07) is 5.85. The fraction of sp³-hybridized carbons (Fsp3) is 0.421. The van der Waals surface area contributed by atoms with Crippen LogP contribution in [-0.2, 0) is 14.4 Å². The first kappa shape index (κ1) is 17.4. The van der Waals surface area contributed by atoms with Gasteiger partial charge < -0.3 is 5.32 Å². The molecule has 4 unspecified atom stereocenters. The van der Waals surface area contributed by atoms with Gasteiger partial charge in [0.25, 0.3) is 5.69 Å². The standard InChI is InChI=1S/C19H19N3O5/c23-15(20-13-3-1-2-4-14(13)22(26)27)9-10-21-18(24)16-11-5-6-12(8-7-11)17(16)19(21)25/h1-6,11-12,16-17H,7-10H2,(H,20,23). The molecule has 8 nitrogen and oxygen atoms in total. The SMILES string of the molecule is O=C(CCN1C(=O)C2C3C=CC(CC3)C2C1=O)Nc1ccccc1[N+](=O)[O-]. The van der Waals surface area contributed by atoms with Crippen molar-refractivity contribution in [1.29, 1.82) is 0 Å². The van der Waals surface area contributed by atoms with Crippen LogP contribution in [0.15, 0.2) is 36.4 Å². The van der Waals surface area contributed by atoms with E-state index in [1.54, 1.807) is 6.07 Å². The molecule has 8 heteroatoms. The van der Waals surface area contributed by atoms with Gasteiger partial charge in [-0.15, -0.1) is 0 Å². The number of carbonyl (C=O) groups excluding carboxylic acids is 3. The minimum Gasteiger partial charge on any atom is -0.320 e. The highest BCUT2D eigenvalue weighted by atomic mass is 16.6. The van der Waals surface area contributed by atoms with E-state index in [2.05, 4.69) is 5.32 Å². The van der Waals surface area contributed by atoms with Crippen LogP contribution in [0.4, 0.5) is 11.4 Å². The van der Waals surface area contributed by atoms with Crippen LogP contribution < -0.4 is 5.32 Å². The van der Waals surface area contributed by atoms with Crippen molar-refractivity contribution in [3.05, 3.63) is 46.5 Å². The summed E-state index contributed by atoms with van der Waals surface area (Å²) in [6.45, 7) is -0.00340. The van der Waals surface area contributed by atoms with Gasteiger partial charge in [0.05, 0.1) is 16.8 Å². The van der Waals surface area contributed by atoms with E-state index >= 15 is 0 Å². The third-order valence-corrected chi connectivity index (χ3v) is 5.79. The first-order valence-electron chi connectivity index (χ1n) is 9.04. The summed E-state index contributed by atoms with van der Waals surface area (Å²) < 4.78 is 0. The van der Waals surface area contributed by atoms with Crippen molar-refractivity contribution in [3.8, 4) is 0 Å². The second kappa shape index (κ2) is 6.61. The molecule has 1 aliphatic heterocycles. The molecule has 4 atom stereocenters. The lowest BCUT2D eigenvalue weighted by Crippen LogP contribution is -2.38. The smallest absolute Gasteiger partial charge is 0.292 e. The van der Waals surface area contributed by atoms with E-state index in [0.717, 1.165) is 12.8 Å². The molecule has 5 rings (SSSR count). The van der Waals surface area contributed by atoms with Crippen molar-refractivity contribution in [2.45, 2.75) is 19.3 Å². The molecule has 3 aliphatic carbocycles. The number of nitrogens with zero attached hydrogens (tertiary/aromatic N) is 2. The lowest BCUT2D eigenvalue weighted by atomic mass is 9.63. The lowest BCUT2D eigenvalue weighted by Gasteiger charge is -2.38. The predicted molar refractivity (Wildman–Crippen MR) is 95.4 cm³/mol. The van der Waals surface area contributed by atoms with Crippen LogP contribution in [0.5, 0.6) is 0 Å². The van der Waals surface area contributed by atoms with Crippen LogP contribution in [0, 0.1) is 33.8 Å². The molecule has 0 radical (unpaired) electrons. The Hall–Kier alpha value is -3.03. The second-order valence-corrected chi connectivity index (χ2v) is 7.24. The number of hydrogen-bond acceptors (Lipinski definition) is 5. The molecule has 4 aliphatic rings. The van der Waals surface area contributed by atoms with Gasteiger partial charge >= 0.3 is 0 Å². The number of likely N-dealkylation sites (tertiary alicyclic amines) is 1. The van der Waals surface area contributed by atoms with Gasteiger partial charge in [0.1, 0.15) is 5.69 Å². The maximum Gasteiger partial charge on any atom is 0.292 e. The molecule has 2 bridgehead atoms. The maximum absolute atomic E-state index is 12.7. The van der Waals surface area contributed by atoms with E-state index in [9.17, 15) is 24.5 Å². The molecular weight excluding hydrogens is 350 g/mol. The van der Waals surface area contributed by atoms with Gasteiger partial charge in [-0.1, -0.05) is 24.3 Å². The number of nitrogens with one attached hydrogen (secondary N) is 1. The molecule has 27 heavy (non-hydrogen) atoms. The van der Waals surface area contributed by atoms with Gasteiger partial charge in [-0.25, -0.2) is 0 Å². The largest absolute Gasteiger partial charge is 0.320 e. The molecule has 1 saturated heterocycles. The Kier molecular flexibility index (Phi) is 4.25. The zero-order valence-electron chi connectivity index (χ0n) is 14.5. The number of nitro groups is 1. The van der Waals surface area contributed by atoms with Crippen molar-refractivity contribution in [2.24, 2.45) is 23.7 Å². The quantitative estimate of drug-likeness (QED) is 0.370. The minimum atomic E-state index is -0.573. The van der Waals surface area contributed by atoms with Crippen molar-refractivity contribution in [2.75, 3.05) is 11.9 Å². The van der Waals surface area contributed by atoms with Crippen LogP contribution in [0.2, 0.25) is 0 Å². The highest BCUT2D eigenvalue weighted by Crippen LogP contribution is 2.49. The summed E-state index contributed by atoms with van der Waals surface area (Å²) in [5, 5.41) is 13.5. The highest BCUT2D eigenvalue weighted by Gasteiger charge is 2.56. The van der Waals surface area contributed by atoms with Gasteiger partial charge in [-0.3, -0.25) is 29.4 Å². The summed E-state index contributed by atoms with van der Waals surface area (Å²) in [4.78, 5) is 49.3. The molecule has 1 aromatic carbocycles. The fourth-order valence-corrected chi connectivity index (χ4v) is 4.52. The van der Waals surface area contributed by atoms with Crippen molar-refractivity contribution < 1.29 is 19.3 Å². The fourth-order valence-electron chi connectivity index (χ4n) is 4.52. The average molecular weight is 369 g/mol. The number of benzene rings is 1. The summed E-state index contributed by atoms with van der Waals surface area (Å²) in [5.41, 5.74) is -0.102. The van der Waals surface area contributed by atoms with Crippen molar-refractivity contribution >= 4 is 29.1 Å². The molecule has 0 spiro atoms. The van der Waals surface area contributed by atoms with E-state index < -0.39 is 10.8 Å². The van der Waals surface area contributed by atoms with Crippen molar-refractivity contribution in [3.63, 3.8) is 0 Å². The Morgan fingerprint density at radius 1 is 1.11 bits per heavy atom. The van der Waals surface area contributed by atoms with E-state index in [-0.39, 0.29) is 59.8 Å². The molecule has 140 valence electrons. The number of anilines is 1. The average Bonchev–Trinajstić information content (AvgIpc) is 2.94. The third kappa shape index (κ3) is 2.90. The predicted octanol–water partition coefficient (Wildman–Crippen LogP) is 2.12. The van der Waals surface area contributed by atoms with Crippen molar-refractivity contribution in [1.82, 2.24) is 4.90 Å². The maximum atomic E-state index is 12.7. The van der Waals surface area contributed by atoms with Gasteiger partial charge in [0, 0.05) is 19.0 Å². The Morgan fingerprint density at radius 3 is 2.26 bits per heavy atom. The van der Waals surface area contributed by atoms with Crippen LogP contribution >= 0.6 is 0 Å². The highest BCUT2D eigenvalue weighted by molar-refractivity contribution is 6.06. The first-order chi connectivity index (χ1) is 13.0. The number of hydrogen-bond donors (Lipinski definition) is 1. The molecule has 1 saturated carbocycles. The molecule has 2 fully saturated rings. The number of rotatable bonds is 5. The summed E-state index contributed by atoms with van der Waals surface area (Å²) in [7, 11) is 0. The second-order valence-electron chi connectivity index (χ2n) is 7.24. The Labute approximate surface area is 155 Å². The number of para-hydroxylation sites is 2. The van der Waals surface area contributed by atoms with E-state index in [1.807, 2.05) is 12.2 Å². The first-order valence-corrected chi connectivity index (χ1v) is 9.04. The Bertz CT molecular complexity index is 833. The summed E-state index contributed by atoms with van der Waals surface area (Å²) >= 11 is 0. The summed E-state index contributed by atoms with van der Waals surface area (Å²) in [6.07, 6.45) is 5.85. The van der Waals surface area contributed by atoms with E-state index in [1.165, 1.54) is 23.1 Å². The van der Waals surface area contributed by atoms with Gasteiger partial charge in [0.15, 0.2) is 0 Å². The van der Waals surface area contributed by atoms with Crippen LogP contribution in [-0.4, -0.2) is 34.1 Å². The number of imide groups is 1. The van der Waals surface area contributed by atoms with Gasteiger partial charge in [0.2, 0.25) is 17.7 Å². The number of nitro benzene ring substituents is 1. The van der Waals surface area contributed by atoms with Gasteiger partial charge in [-0.2, -0.15) is 0 Å².